The fourth-order valence-electron chi connectivity index (χ4n) is 2.02. The van der Waals surface area contributed by atoms with Crippen molar-refractivity contribution in [3.8, 4) is 16.9 Å². The zero-order valence-electron chi connectivity index (χ0n) is 10.6. The van der Waals surface area contributed by atoms with Crippen LogP contribution in [-0.2, 0) is 0 Å². The van der Waals surface area contributed by atoms with E-state index in [9.17, 15) is 13.2 Å². The van der Waals surface area contributed by atoms with Crippen LogP contribution >= 0.6 is 0 Å². The molecule has 0 fully saturated rings. The number of halogens is 3. The first-order valence-electron chi connectivity index (χ1n) is 5.96. The third-order valence-electron chi connectivity index (χ3n) is 3.00. The number of imidazole rings is 1. The summed E-state index contributed by atoms with van der Waals surface area (Å²) in [5.74, 6) is -3.08. The molecule has 1 aromatic carbocycles. The van der Waals surface area contributed by atoms with E-state index in [1.54, 1.807) is 12.1 Å². The number of benzene rings is 1. The van der Waals surface area contributed by atoms with Crippen molar-refractivity contribution >= 4 is 5.82 Å². The number of anilines is 1. The highest BCUT2D eigenvalue weighted by atomic mass is 19.2. The van der Waals surface area contributed by atoms with Gasteiger partial charge in [0.1, 0.15) is 11.6 Å². The minimum atomic E-state index is -1.25. The molecule has 2 aromatic heterocycles. The molecule has 21 heavy (non-hydrogen) atoms. The maximum absolute atomic E-state index is 13.9. The van der Waals surface area contributed by atoms with Crippen LogP contribution in [0.3, 0.4) is 0 Å². The SMILES string of the molecule is Nc1ncccc1-c1cncn1-c1cc(F)c(F)cc1F. The van der Waals surface area contributed by atoms with Gasteiger partial charge in [0.05, 0.1) is 23.9 Å². The average molecular weight is 290 g/mol. The molecule has 4 nitrogen and oxygen atoms in total. The molecular weight excluding hydrogens is 281 g/mol. The number of rotatable bonds is 2. The van der Waals surface area contributed by atoms with E-state index in [0.29, 0.717) is 17.3 Å². The number of hydrogen-bond donors (Lipinski definition) is 1. The summed E-state index contributed by atoms with van der Waals surface area (Å²) in [6.45, 7) is 0. The molecule has 0 atom stereocenters. The molecule has 0 aliphatic heterocycles. The Bertz CT molecular complexity index is 814. The number of nitrogens with zero attached hydrogens (tertiary/aromatic N) is 3. The zero-order chi connectivity index (χ0) is 15.0. The molecule has 3 aromatic rings. The van der Waals surface area contributed by atoms with Gasteiger partial charge in [0, 0.05) is 23.9 Å². The van der Waals surface area contributed by atoms with Gasteiger partial charge in [0.15, 0.2) is 11.6 Å². The second kappa shape index (κ2) is 4.93. The molecule has 0 aliphatic rings. The van der Waals surface area contributed by atoms with E-state index in [4.69, 9.17) is 5.73 Å². The van der Waals surface area contributed by atoms with Gasteiger partial charge >= 0.3 is 0 Å². The minimum Gasteiger partial charge on any atom is -0.383 e. The normalized spacial score (nSPS) is 10.8. The summed E-state index contributed by atoms with van der Waals surface area (Å²) in [6, 6.07) is 4.59. The van der Waals surface area contributed by atoms with Crippen LogP contribution in [-0.4, -0.2) is 14.5 Å². The zero-order valence-corrected chi connectivity index (χ0v) is 10.6. The fourth-order valence-corrected chi connectivity index (χ4v) is 2.02. The molecule has 0 radical (unpaired) electrons. The second-order valence-electron chi connectivity index (χ2n) is 4.30. The Kier molecular flexibility index (Phi) is 3.09. The van der Waals surface area contributed by atoms with E-state index in [-0.39, 0.29) is 11.5 Å². The molecular formula is C14H9F3N4. The third-order valence-corrected chi connectivity index (χ3v) is 3.00. The first-order valence-corrected chi connectivity index (χ1v) is 5.96. The van der Waals surface area contributed by atoms with E-state index in [0.717, 1.165) is 6.07 Å². The summed E-state index contributed by atoms with van der Waals surface area (Å²) < 4.78 is 41.5. The van der Waals surface area contributed by atoms with Crippen molar-refractivity contribution in [1.29, 1.82) is 0 Å². The van der Waals surface area contributed by atoms with Crippen molar-refractivity contribution in [2.24, 2.45) is 0 Å². The number of nitrogens with two attached hydrogens (primary N) is 1. The van der Waals surface area contributed by atoms with Crippen LogP contribution in [0.4, 0.5) is 19.0 Å². The Morgan fingerprint density at radius 1 is 1.05 bits per heavy atom. The maximum Gasteiger partial charge on any atom is 0.161 e. The molecule has 0 amide bonds. The Balaban J connectivity index is 2.21. The highest BCUT2D eigenvalue weighted by Gasteiger charge is 2.16. The number of pyridine rings is 1. The molecule has 0 saturated carbocycles. The summed E-state index contributed by atoms with van der Waals surface area (Å²) in [4.78, 5) is 7.84. The van der Waals surface area contributed by atoms with Crippen molar-refractivity contribution in [3.63, 3.8) is 0 Å². The molecule has 2 heterocycles. The summed E-state index contributed by atoms with van der Waals surface area (Å²) in [7, 11) is 0. The van der Waals surface area contributed by atoms with Gasteiger partial charge in [-0.05, 0) is 12.1 Å². The quantitative estimate of drug-likeness (QED) is 0.738. The lowest BCUT2D eigenvalue weighted by atomic mass is 10.2. The van der Waals surface area contributed by atoms with E-state index in [2.05, 4.69) is 9.97 Å². The maximum atomic E-state index is 13.9. The Morgan fingerprint density at radius 3 is 2.57 bits per heavy atom. The van der Waals surface area contributed by atoms with Gasteiger partial charge in [0.25, 0.3) is 0 Å². The van der Waals surface area contributed by atoms with Crippen LogP contribution in [0.5, 0.6) is 0 Å². The van der Waals surface area contributed by atoms with E-state index in [1.165, 1.54) is 23.3 Å². The lowest BCUT2D eigenvalue weighted by Crippen LogP contribution is -2.03. The number of hydrogen-bond acceptors (Lipinski definition) is 3. The summed E-state index contributed by atoms with van der Waals surface area (Å²) in [5, 5.41) is 0. The summed E-state index contributed by atoms with van der Waals surface area (Å²) in [5.41, 5.74) is 6.54. The highest BCUT2D eigenvalue weighted by Crippen LogP contribution is 2.28. The van der Waals surface area contributed by atoms with Crippen molar-refractivity contribution < 1.29 is 13.2 Å². The number of nitrogen functional groups attached to an aromatic ring is 1. The van der Waals surface area contributed by atoms with Crippen molar-refractivity contribution in [2.75, 3.05) is 5.73 Å². The average Bonchev–Trinajstić information content (AvgIpc) is 2.92. The summed E-state index contributed by atoms with van der Waals surface area (Å²) in [6.07, 6.45) is 4.24. The fraction of sp³-hybridized carbons (Fsp3) is 0. The van der Waals surface area contributed by atoms with Crippen LogP contribution in [0.2, 0.25) is 0 Å². The molecule has 0 saturated heterocycles. The van der Waals surface area contributed by atoms with Crippen molar-refractivity contribution in [1.82, 2.24) is 14.5 Å². The lowest BCUT2D eigenvalue weighted by Gasteiger charge is -2.11. The van der Waals surface area contributed by atoms with Crippen LogP contribution in [0.25, 0.3) is 16.9 Å². The molecule has 0 spiro atoms. The van der Waals surface area contributed by atoms with Crippen LogP contribution in [0, 0.1) is 17.5 Å². The molecule has 0 aliphatic carbocycles. The Labute approximate surface area is 117 Å². The Morgan fingerprint density at radius 2 is 1.81 bits per heavy atom. The minimum absolute atomic E-state index is 0.162. The monoisotopic (exact) mass is 290 g/mol. The van der Waals surface area contributed by atoms with Gasteiger partial charge in [-0.15, -0.1) is 0 Å². The van der Waals surface area contributed by atoms with Crippen LogP contribution in [0.1, 0.15) is 0 Å². The number of aromatic nitrogens is 3. The predicted molar refractivity (Wildman–Crippen MR) is 71.1 cm³/mol. The molecule has 106 valence electrons. The Hall–Kier alpha value is -2.83. The predicted octanol–water partition coefficient (Wildman–Crippen LogP) is 2.93. The van der Waals surface area contributed by atoms with E-state index >= 15 is 0 Å². The molecule has 0 unspecified atom stereocenters. The first kappa shape index (κ1) is 13.2. The van der Waals surface area contributed by atoms with Crippen LogP contribution in [0.15, 0.2) is 43.0 Å². The lowest BCUT2D eigenvalue weighted by molar-refractivity contribution is 0.493. The van der Waals surface area contributed by atoms with Gasteiger partial charge in [0.2, 0.25) is 0 Å². The first-order chi connectivity index (χ1) is 10.1. The largest absolute Gasteiger partial charge is 0.383 e. The van der Waals surface area contributed by atoms with Gasteiger partial charge in [-0.1, -0.05) is 0 Å². The van der Waals surface area contributed by atoms with Crippen molar-refractivity contribution in [3.05, 3.63) is 60.4 Å². The van der Waals surface area contributed by atoms with Crippen molar-refractivity contribution in [2.45, 2.75) is 0 Å². The smallest absolute Gasteiger partial charge is 0.161 e. The topological polar surface area (TPSA) is 56.7 Å². The van der Waals surface area contributed by atoms with E-state index in [1.807, 2.05) is 0 Å². The van der Waals surface area contributed by atoms with E-state index < -0.39 is 17.5 Å². The standard InChI is InChI=1S/C14H9F3N4/c15-9-4-11(17)12(5-10(9)16)21-7-19-6-13(21)8-2-1-3-20-14(8)18/h1-7H,(H2,18,20). The molecule has 7 heteroatoms. The van der Waals surface area contributed by atoms with Gasteiger partial charge in [-0.3, -0.25) is 4.57 Å². The van der Waals surface area contributed by atoms with Gasteiger partial charge in [-0.2, -0.15) is 0 Å². The molecule has 2 N–H and O–H groups in total. The highest BCUT2D eigenvalue weighted by molar-refractivity contribution is 5.72. The van der Waals surface area contributed by atoms with Gasteiger partial charge < -0.3 is 5.73 Å². The summed E-state index contributed by atoms with van der Waals surface area (Å²) >= 11 is 0. The second-order valence-corrected chi connectivity index (χ2v) is 4.30. The molecule has 3 rings (SSSR count). The van der Waals surface area contributed by atoms with Gasteiger partial charge in [-0.25, -0.2) is 23.1 Å². The third kappa shape index (κ3) is 2.22. The molecule has 0 bridgehead atoms. The van der Waals surface area contributed by atoms with Crippen LogP contribution < -0.4 is 5.73 Å².